The Morgan fingerprint density at radius 2 is 2.09 bits per heavy atom. The first-order valence-electron chi connectivity index (χ1n) is 3.97. The van der Waals surface area contributed by atoms with Crippen LogP contribution in [0.1, 0.15) is 26.7 Å². The summed E-state index contributed by atoms with van der Waals surface area (Å²) in [5.41, 5.74) is 0. The highest BCUT2D eigenvalue weighted by Gasteiger charge is 2.06. The Bertz CT molecular complexity index is 128. The van der Waals surface area contributed by atoms with Gasteiger partial charge in [-0.05, 0) is 31.8 Å². The Morgan fingerprint density at radius 1 is 1.45 bits per heavy atom. The standard InChI is InChI=1S/C9H16O2/c1-8(9(2)11)6-4-3-5-7-10/h3,5,7-9,11H,4,6H2,1-2H3/t8?,9-/m0/s1. The van der Waals surface area contributed by atoms with Gasteiger partial charge in [0.05, 0.1) is 6.10 Å². The third kappa shape index (κ3) is 5.80. The number of rotatable bonds is 5. The summed E-state index contributed by atoms with van der Waals surface area (Å²) < 4.78 is 0. The molecular formula is C9H16O2. The summed E-state index contributed by atoms with van der Waals surface area (Å²) in [7, 11) is 0. The highest BCUT2D eigenvalue weighted by Crippen LogP contribution is 2.09. The van der Waals surface area contributed by atoms with Crippen molar-refractivity contribution in [1.82, 2.24) is 0 Å². The van der Waals surface area contributed by atoms with Crippen molar-refractivity contribution in [1.29, 1.82) is 0 Å². The highest BCUT2D eigenvalue weighted by molar-refractivity contribution is 5.64. The van der Waals surface area contributed by atoms with Crippen molar-refractivity contribution < 1.29 is 9.90 Å². The SMILES string of the molecule is CC(CCC=CC=O)[C@H](C)O. The predicted molar refractivity (Wildman–Crippen MR) is 45.3 cm³/mol. The van der Waals surface area contributed by atoms with Crippen LogP contribution in [0.3, 0.4) is 0 Å². The molecule has 0 bridgehead atoms. The summed E-state index contributed by atoms with van der Waals surface area (Å²) in [6.07, 6.45) is 5.64. The lowest BCUT2D eigenvalue weighted by Crippen LogP contribution is -2.12. The molecule has 0 radical (unpaired) electrons. The summed E-state index contributed by atoms with van der Waals surface area (Å²) in [6.45, 7) is 3.79. The lowest BCUT2D eigenvalue weighted by atomic mass is 10.0. The molecule has 0 aromatic heterocycles. The van der Waals surface area contributed by atoms with E-state index in [-0.39, 0.29) is 6.10 Å². The molecule has 2 nitrogen and oxygen atoms in total. The molecule has 0 aromatic carbocycles. The van der Waals surface area contributed by atoms with Crippen LogP contribution in [0.2, 0.25) is 0 Å². The molecular weight excluding hydrogens is 140 g/mol. The van der Waals surface area contributed by atoms with E-state index in [1.54, 1.807) is 6.92 Å². The van der Waals surface area contributed by atoms with E-state index >= 15 is 0 Å². The summed E-state index contributed by atoms with van der Waals surface area (Å²) >= 11 is 0. The molecule has 1 N–H and O–H groups in total. The molecule has 0 saturated heterocycles. The molecule has 64 valence electrons. The zero-order valence-corrected chi connectivity index (χ0v) is 7.16. The van der Waals surface area contributed by atoms with Crippen LogP contribution >= 0.6 is 0 Å². The van der Waals surface area contributed by atoms with Crippen molar-refractivity contribution in [2.75, 3.05) is 0 Å². The van der Waals surface area contributed by atoms with Gasteiger partial charge in [0.15, 0.2) is 0 Å². The van der Waals surface area contributed by atoms with Crippen LogP contribution in [-0.4, -0.2) is 17.5 Å². The van der Waals surface area contributed by atoms with Gasteiger partial charge in [-0.2, -0.15) is 0 Å². The quantitative estimate of drug-likeness (QED) is 0.484. The number of aliphatic hydroxyl groups excluding tert-OH is 1. The molecule has 2 atom stereocenters. The van der Waals surface area contributed by atoms with Gasteiger partial charge in [-0.1, -0.05) is 13.0 Å². The first-order valence-corrected chi connectivity index (χ1v) is 3.97. The molecule has 0 aliphatic heterocycles. The van der Waals surface area contributed by atoms with Crippen molar-refractivity contribution in [2.24, 2.45) is 5.92 Å². The van der Waals surface area contributed by atoms with E-state index < -0.39 is 0 Å². The average Bonchev–Trinajstić information content (AvgIpc) is 1.97. The van der Waals surface area contributed by atoms with Gasteiger partial charge in [-0.15, -0.1) is 0 Å². The van der Waals surface area contributed by atoms with Gasteiger partial charge in [0.25, 0.3) is 0 Å². The summed E-state index contributed by atoms with van der Waals surface area (Å²) in [4.78, 5) is 9.85. The van der Waals surface area contributed by atoms with Crippen molar-refractivity contribution in [3.8, 4) is 0 Å². The minimum absolute atomic E-state index is 0.250. The van der Waals surface area contributed by atoms with Gasteiger partial charge in [-0.25, -0.2) is 0 Å². The topological polar surface area (TPSA) is 37.3 Å². The zero-order valence-electron chi connectivity index (χ0n) is 7.16. The number of carbonyl (C=O) groups is 1. The number of hydrogen-bond acceptors (Lipinski definition) is 2. The third-order valence-electron chi connectivity index (χ3n) is 1.83. The van der Waals surface area contributed by atoms with Crippen LogP contribution in [0.15, 0.2) is 12.2 Å². The van der Waals surface area contributed by atoms with Crippen LogP contribution in [0.4, 0.5) is 0 Å². The first-order chi connectivity index (χ1) is 5.18. The van der Waals surface area contributed by atoms with Crippen LogP contribution in [0.5, 0.6) is 0 Å². The van der Waals surface area contributed by atoms with Crippen LogP contribution < -0.4 is 0 Å². The molecule has 0 spiro atoms. The predicted octanol–water partition coefficient (Wildman–Crippen LogP) is 1.54. The van der Waals surface area contributed by atoms with Crippen molar-refractivity contribution in [2.45, 2.75) is 32.8 Å². The number of aliphatic hydroxyl groups is 1. The highest BCUT2D eigenvalue weighted by atomic mass is 16.3. The zero-order chi connectivity index (χ0) is 8.69. The second kappa shape index (κ2) is 6.10. The second-order valence-electron chi connectivity index (χ2n) is 2.86. The maximum atomic E-state index is 9.85. The normalized spacial score (nSPS) is 16.6. The molecule has 0 aliphatic rings. The minimum atomic E-state index is -0.250. The molecule has 2 heteroatoms. The smallest absolute Gasteiger partial charge is 0.142 e. The Morgan fingerprint density at radius 3 is 2.55 bits per heavy atom. The van der Waals surface area contributed by atoms with Crippen molar-refractivity contribution >= 4 is 6.29 Å². The number of carbonyl (C=O) groups excluding carboxylic acids is 1. The molecule has 0 rings (SSSR count). The van der Waals surface area contributed by atoms with Gasteiger partial charge in [0.2, 0.25) is 0 Å². The lowest BCUT2D eigenvalue weighted by molar-refractivity contribution is -0.104. The molecule has 0 saturated carbocycles. The van der Waals surface area contributed by atoms with E-state index in [0.717, 1.165) is 19.1 Å². The number of aldehydes is 1. The summed E-state index contributed by atoms with van der Waals surface area (Å²) in [5.74, 6) is 0.311. The van der Waals surface area contributed by atoms with Gasteiger partial charge in [0, 0.05) is 0 Å². The molecule has 1 unspecified atom stereocenters. The maximum Gasteiger partial charge on any atom is 0.142 e. The van der Waals surface area contributed by atoms with Gasteiger partial charge < -0.3 is 5.11 Å². The Balaban J connectivity index is 3.38. The van der Waals surface area contributed by atoms with Gasteiger partial charge in [-0.3, -0.25) is 4.79 Å². The molecule has 0 heterocycles. The average molecular weight is 156 g/mol. The third-order valence-corrected chi connectivity index (χ3v) is 1.83. The van der Waals surface area contributed by atoms with E-state index in [0.29, 0.717) is 5.92 Å². The van der Waals surface area contributed by atoms with E-state index in [9.17, 15) is 4.79 Å². The fraction of sp³-hybridized carbons (Fsp3) is 0.667. The van der Waals surface area contributed by atoms with Gasteiger partial charge >= 0.3 is 0 Å². The lowest BCUT2D eigenvalue weighted by Gasteiger charge is -2.12. The van der Waals surface area contributed by atoms with E-state index in [2.05, 4.69) is 0 Å². The van der Waals surface area contributed by atoms with Crippen LogP contribution in [0, 0.1) is 5.92 Å². The van der Waals surface area contributed by atoms with Crippen LogP contribution in [-0.2, 0) is 4.79 Å². The van der Waals surface area contributed by atoms with E-state index in [1.807, 2.05) is 13.0 Å². The fourth-order valence-electron chi connectivity index (χ4n) is 0.752. The van der Waals surface area contributed by atoms with Gasteiger partial charge in [0.1, 0.15) is 6.29 Å². The van der Waals surface area contributed by atoms with E-state index in [4.69, 9.17) is 5.11 Å². The summed E-state index contributed by atoms with van der Waals surface area (Å²) in [6, 6.07) is 0. The molecule has 0 aliphatic carbocycles. The Kier molecular flexibility index (Phi) is 5.75. The van der Waals surface area contributed by atoms with E-state index in [1.165, 1.54) is 6.08 Å². The second-order valence-corrected chi connectivity index (χ2v) is 2.86. The maximum absolute atomic E-state index is 9.85. The summed E-state index contributed by atoms with van der Waals surface area (Å²) in [5, 5.41) is 9.08. The monoisotopic (exact) mass is 156 g/mol. The molecule has 0 amide bonds. The van der Waals surface area contributed by atoms with Crippen LogP contribution in [0.25, 0.3) is 0 Å². The number of allylic oxidation sites excluding steroid dienone is 2. The molecule has 0 fully saturated rings. The van der Waals surface area contributed by atoms with Crippen molar-refractivity contribution in [3.05, 3.63) is 12.2 Å². The molecule has 0 aromatic rings. The largest absolute Gasteiger partial charge is 0.393 e. The van der Waals surface area contributed by atoms with Crippen molar-refractivity contribution in [3.63, 3.8) is 0 Å². The number of hydrogen-bond donors (Lipinski definition) is 1. The Labute approximate surface area is 67.9 Å². The fourth-order valence-corrected chi connectivity index (χ4v) is 0.752. The Hall–Kier alpha value is -0.630. The minimum Gasteiger partial charge on any atom is -0.393 e. The molecule has 11 heavy (non-hydrogen) atoms. The first kappa shape index (κ1) is 10.4.